The zero-order valence-corrected chi connectivity index (χ0v) is 9.06. The lowest BCUT2D eigenvalue weighted by Crippen LogP contribution is -1.81. The van der Waals surface area contributed by atoms with Crippen LogP contribution in [0.4, 0.5) is 0 Å². The van der Waals surface area contributed by atoms with Crippen LogP contribution in [-0.2, 0) is 0 Å². The maximum absolute atomic E-state index is 5.63. The van der Waals surface area contributed by atoms with Crippen LogP contribution in [-0.4, -0.2) is 12.9 Å². The van der Waals surface area contributed by atoms with E-state index in [1.807, 2.05) is 24.3 Å². The van der Waals surface area contributed by atoms with Crippen molar-refractivity contribution in [2.24, 2.45) is 0 Å². The predicted octanol–water partition coefficient (Wildman–Crippen LogP) is 3.55. The fourth-order valence-corrected chi connectivity index (χ4v) is 2.04. The molecule has 0 aliphatic rings. The largest absolute Gasteiger partial charge is 0.496 e. The highest BCUT2D eigenvalue weighted by Crippen LogP contribution is 2.32. The van der Waals surface area contributed by atoms with E-state index in [0.717, 1.165) is 27.6 Å². The van der Waals surface area contributed by atoms with E-state index in [1.54, 1.807) is 18.9 Å². The number of furan rings is 1. The Kier molecular flexibility index (Phi) is 2.68. The second-order valence-corrected chi connectivity index (χ2v) is 4.14. The molecule has 1 heterocycles. The lowest BCUT2D eigenvalue weighted by atomic mass is 10.2. The molecule has 0 saturated carbocycles. The van der Waals surface area contributed by atoms with Crippen molar-refractivity contribution in [3.8, 4) is 5.75 Å². The van der Waals surface area contributed by atoms with Crippen LogP contribution in [0.15, 0.2) is 33.8 Å². The van der Waals surface area contributed by atoms with Crippen LogP contribution < -0.4 is 4.74 Å². The van der Waals surface area contributed by atoms with Crippen molar-refractivity contribution < 1.29 is 9.15 Å². The first-order valence-corrected chi connectivity index (χ1v) is 5.53. The number of methoxy groups -OCH3 is 1. The molecule has 3 heteroatoms. The van der Waals surface area contributed by atoms with Gasteiger partial charge in [0.05, 0.1) is 12.5 Å². The number of benzene rings is 1. The van der Waals surface area contributed by atoms with Crippen molar-refractivity contribution in [2.75, 3.05) is 12.9 Å². The van der Waals surface area contributed by atoms with Gasteiger partial charge in [-0.1, -0.05) is 24.8 Å². The summed E-state index contributed by atoms with van der Waals surface area (Å²) in [6.45, 7) is 2.11. The molecule has 14 heavy (non-hydrogen) atoms. The molecule has 0 unspecified atom stereocenters. The van der Waals surface area contributed by atoms with Crippen molar-refractivity contribution in [3.05, 3.63) is 24.3 Å². The molecule has 0 atom stereocenters. The quantitative estimate of drug-likeness (QED) is 0.720. The maximum Gasteiger partial charge on any atom is 0.161 e. The molecule has 0 aliphatic carbocycles. The topological polar surface area (TPSA) is 22.4 Å². The normalized spacial score (nSPS) is 10.7. The lowest BCUT2D eigenvalue weighted by molar-refractivity contribution is 0.419. The Morgan fingerprint density at radius 1 is 1.43 bits per heavy atom. The average molecular weight is 208 g/mol. The molecule has 0 bridgehead atoms. The first kappa shape index (κ1) is 9.46. The highest BCUT2D eigenvalue weighted by Gasteiger charge is 2.07. The summed E-state index contributed by atoms with van der Waals surface area (Å²) in [5.41, 5.74) is 0.889. The molecule has 1 aromatic heterocycles. The van der Waals surface area contributed by atoms with Gasteiger partial charge in [-0.2, -0.15) is 0 Å². The molecule has 0 N–H and O–H groups in total. The first-order valence-electron chi connectivity index (χ1n) is 4.54. The lowest BCUT2D eigenvalue weighted by Gasteiger charge is -1.98. The van der Waals surface area contributed by atoms with Gasteiger partial charge >= 0.3 is 0 Å². The zero-order chi connectivity index (χ0) is 9.97. The Hall–Kier alpha value is -1.09. The van der Waals surface area contributed by atoms with Gasteiger partial charge in [0.15, 0.2) is 5.09 Å². The van der Waals surface area contributed by atoms with Gasteiger partial charge in [-0.25, -0.2) is 0 Å². The minimum Gasteiger partial charge on any atom is -0.496 e. The second kappa shape index (κ2) is 3.96. The van der Waals surface area contributed by atoms with Crippen molar-refractivity contribution in [1.29, 1.82) is 0 Å². The van der Waals surface area contributed by atoms with E-state index in [1.165, 1.54) is 0 Å². The smallest absolute Gasteiger partial charge is 0.161 e. The van der Waals surface area contributed by atoms with Crippen LogP contribution in [0.5, 0.6) is 5.75 Å². The number of thioether (sulfide) groups is 1. The number of rotatable bonds is 3. The molecule has 2 aromatic rings. The minimum atomic E-state index is 0.870. The molecule has 2 rings (SSSR count). The molecule has 0 aliphatic heterocycles. The molecular formula is C11H12O2S. The SMILES string of the molecule is CCSc1cc2c(OC)cccc2o1. The van der Waals surface area contributed by atoms with E-state index in [0.29, 0.717) is 0 Å². The summed E-state index contributed by atoms with van der Waals surface area (Å²) < 4.78 is 10.9. The third-order valence-electron chi connectivity index (χ3n) is 2.01. The molecule has 74 valence electrons. The average Bonchev–Trinajstić information content (AvgIpc) is 2.60. The van der Waals surface area contributed by atoms with Crippen LogP contribution in [0.2, 0.25) is 0 Å². The molecule has 2 nitrogen and oxygen atoms in total. The Bertz CT molecular complexity index is 434. The Labute approximate surface area is 87.2 Å². The standard InChI is InChI=1S/C11H12O2S/c1-3-14-11-7-8-9(12-2)5-4-6-10(8)13-11/h4-7H,3H2,1-2H3. The van der Waals surface area contributed by atoms with Gasteiger partial charge in [-0.15, -0.1) is 0 Å². The Morgan fingerprint density at radius 3 is 3.00 bits per heavy atom. The minimum absolute atomic E-state index is 0.870. The molecule has 0 amide bonds. The van der Waals surface area contributed by atoms with E-state index in [4.69, 9.17) is 9.15 Å². The molecule has 0 saturated heterocycles. The molecule has 0 spiro atoms. The Balaban J connectivity index is 2.52. The monoisotopic (exact) mass is 208 g/mol. The predicted molar refractivity (Wildman–Crippen MR) is 59.2 cm³/mol. The Morgan fingerprint density at radius 2 is 2.29 bits per heavy atom. The van der Waals surface area contributed by atoms with E-state index >= 15 is 0 Å². The summed E-state index contributed by atoms with van der Waals surface area (Å²) in [6, 6.07) is 7.86. The van der Waals surface area contributed by atoms with Gasteiger partial charge in [0.25, 0.3) is 0 Å². The third-order valence-corrected chi connectivity index (χ3v) is 2.78. The van der Waals surface area contributed by atoms with E-state index < -0.39 is 0 Å². The van der Waals surface area contributed by atoms with Crippen molar-refractivity contribution in [3.63, 3.8) is 0 Å². The fraction of sp³-hybridized carbons (Fsp3) is 0.273. The summed E-state index contributed by atoms with van der Waals surface area (Å²) >= 11 is 1.70. The van der Waals surface area contributed by atoms with Crippen LogP contribution in [0.1, 0.15) is 6.92 Å². The van der Waals surface area contributed by atoms with Crippen LogP contribution in [0.25, 0.3) is 11.0 Å². The molecule has 0 radical (unpaired) electrons. The first-order chi connectivity index (χ1) is 6.85. The van der Waals surface area contributed by atoms with Gasteiger partial charge in [-0.05, 0) is 17.9 Å². The number of fused-ring (bicyclic) bond motifs is 1. The van der Waals surface area contributed by atoms with Gasteiger partial charge in [-0.3, -0.25) is 0 Å². The van der Waals surface area contributed by atoms with Crippen LogP contribution in [0, 0.1) is 0 Å². The molecular weight excluding hydrogens is 196 g/mol. The summed E-state index contributed by atoms with van der Waals surface area (Å²) in [5.74, 6) is 1.89. The fourth-order valence-electron chi connectivity index (χ4n) is 1.40. The summed E-state index contributed by atoms with van der Waals surface area (Å²) in [5, 5.41) is 2.00. The molecule has 1 aromatic carbocycles. The molecule has 0 fully saturated rings. The zero-order valence-electron chi connectivity index (χ0n) is 8.24. The summed E-state index contributed by atoms with van der Waals surface area (Å²) in [6.07, 6.45) is 0. The number of hydrogen-bond donors (Lipinski definition) is 0. The van der Waals surface area contributed by atoms with E-state index in [-0.39, 0.29) is 0 Å². The van der Waals surface area contributed by atoms with Crippen LogP contribution >= 0.6 is 11.8 Å². The van der Waals surface area contributed by atoms with Crippen molar-refractivity contribution in [2.45, 2.75) is 12.0 Å². The van der Waals surface area contributed by atoms with Crippen LogP contribution in [0.3, 0.4) is 0 Å². The van der Waals surface area contributed by atoms with Gasteiger partial charge in [0.2, 0.25) is 0 Å². The highest BCUT2D eigenvalue weighted by atomic mass is 32.2. The van der Waals surface area contributed by atoms with Crippen molar-refractivity contribution >= 4 is 22.7 Å². The van der Waals surface area contributed by atoms with E-state index in [9.17, 15) is 0 Å². The second-order valence-electron chi connectivity index (χ2n) is 2.87. The number of hydrogen-bond acceptors (Lipinski definition) is 3. The van der Waals surface area contributed by atoms with Crippen molar-refractivity contribution in [1.82, 2.24) is 0 Å². The van der Waals surface area contributed by atoms with Gasteiger partial charge in [0.1, 0.15) is 11.3 Å². The third kappa shape index (κ3) is 1.60. The van der Waals surface area contributed by atoms with Gasteiger partial charge in [0, 0.05) is 6.07 Å². The van der Waals surface area contributed by atoms with Gasteiger partial charge < -0.3 is 9.15 Å². The summed E-state index contributed by atoms with van der Waals surface area (Å²) in [4.78, 5) is 0. The highest BCUT2D eigenvalue weighted by molar-refractivity contribution is 7.99. The number of ether oxygens (including phenoxy) is 1. The van der Waals surface area contributed by atoms with E-state index in [2.05, 4.69) is 6.92 Å². The summed E-state index contributed by atoms with van der Waals surface area (Å²) in [7, 11) is 1.68. The maximum atomic E-state index is 5.63.